The van der Waals surface area contributed by atoms with Crippen LogP contribution in [0, 0.1) is 0 Å². The van der Waals surface area contributed by atoms with E-state index in [-0.39, 0.29) is 0 Å². The Labute approximate surface area is 94.2 Å². The van der Waals surface area contributed by atoms with Gasteiger partial charge in [-0.25, -0.2) is 0 Å². The minimum atomic E-state index is 0.372. The van der Waals surface area contributed by atoms with Gasteiger partial charge in [0.25, 0.3) is 0 Å². The van der Waals surface area contributed by atoms with Crippen LogP contribution < -0.4 is 5.32 Å². The largest absolute Gasteiger partial charge is 0.374 e. The Bertz CT molecular complexity index is 162. The summed E-state index contributed by atoms with van der Waals surface area (Å²) in [6.07, 6.45) is 2.80. The highest BCUT2D eigenvalue weighted by atomic mass is 16.5. The van der Waals surface area contributed by atoms with E-state index < -0.39 is 0 Å². The molecule has 3 nitrogen and oxygen atoms in total. The lowest BCUT2D eigenvalue weighted by atomic mass is 10.1. The predicted molar refractivity (Wildman–Crippen MR) is 64.2 cm³/mol. The van der Waals surface area contributed by atoms with Crippen molar-refractivity contribution < 1.29 is 4.74 Å². The minimum absolute atomic E-state index is 0.372. The molecule has 2 unspecified atom stereocenters. The molecule has 0 aromatic heterocycles. The third kappa shape index (κ3) is 4.49. The monoisotopic (exact) mass is 214 g/mol. The van der Waals surface area contributed by atoms with Gasteiger partial charge in [0.05, 0.1) is 12.7 Å². The molecule has 1 saturated heterocycles. The molecular weight excluding hydrogens is 188 g/mol. The van der Waals surface area contributed by atoms with Crippen LogP contribution in [-0.2, 0) is 4.74 Å². The first-order chi connectivity index (χ1) is 7.27. The second kappa shape index (κ2) is 7.20. The van der Waals surface area contributed by atoms with Crippen LogP contribution in [0.3, 0.4) is 0 Å². The Hall–Kier alpha value is -0.120. The summed E-state index contributed by atoms with van der Waals surface area (Å²) >= 11 is 0. The number of morpholine rings is 1. The summed E-state index contributed by atoms with van der Waals surface area (Å²) in [6.45, 7) is 12.1. The van der Waals surface area contributed by atoms with Gasteiger partial charge in [-0.1, -0.05) is 13.8 Å². The van der Waals surface area contributed by atoms with E-state index in [0.717, 1.165) is 26.2 Å². The molecule has 1 heterocycles. The highest BCUT2D eigenvalue weighted by Crippen LogP contribution is 2.09. The lowest BCUT2D eigenvalue weighted by Gasteiger charge is -2.36. The maximum atomic E-state index is 5.81. The average Bonchev–Trinajstić information content (AvgIpc) is 2.27. The molecular formula is C12H26N2O. The highest BCUT2D eigenvalue weighted by molar-refractivity contribution is 4.79. The van der Waals surface area contributed by atoms with Gasteiger partial charge in [0, 0.05) is 19.1 Å². The van der Waals surface area contributed by atoms with Gasteiger partial charge in [-0.3, -0.25) is 4.90 Å². The Morgan fingerprint density at radius 1 is 1.40 bits per heavy atom. The van der Waals surface area contributed by atoms with Gasteiger partial charge in [0.15, 0.2) is 0 Å². The molecule has 0 bridgehead atoms. The van der Waals surface area contributed by atoms with Crippen LogP contribution in [0.2, 0.25) is 0 Å². The van der Waals surface area contributed by atoms with Crippen LogP contribution in [-0.4, -0.2) is 49.8 Å². The Morgan fingerprint density at radius 3 is 2.87 bits per heavy atom. The minimum Gasteiger partial charge on any atom is -0.374 e. The molecule has 0 spiro atoms. The zero-order chi connectivity index (χ0) is 11.1. The lowest BCUT2D eigenvalue weighted by molar-refractivity contribution is -0.0431. The Morgan fingerprint density at radius 2 is 2.20 bits per heavy atom. The van der Waals surface area contributed by atoms with Gasteiger partial charge in [-0.15, -0.1) is 0 Å². The second-order valence-electron chi connectivity index (χ2n) is 4.45. The molecule has 0 aliphatic carbocycles. The van der Waals surface area contributed by atoms with Crippen molar-refractivity contribution in [2.75, 3.05) is 32.8 Å². The quantitative estimate of drug-likeness (QED) is 0.725. The van der Waals surface area contributed by atoms with Gasteiger partial charge >= 0.3 is 0 Å². The van der Waals surface area contributed by atoms with E-state index in [1.165, 1.54) is 19.4 Å². The first-order valence-corrected chi connectivity index (χ1v) is 6.35. The third-order valence-corrected chi connectivity index (χ3v) is 2.99. The molecule has 1 aliphatic heterocycles. The van der Waals surface area contributed by atoms with Crippen LogP contribution in [0.1, 0.15) is 33.6 Å². The number of nitrogens with one attached hydrogen (secondary N) is 1. The number of rotatable bonds is 6. The van der Waals surface area contributed by atoms with Crippen molar-refractivity contribution in [1.29, 1.82) is 0 Å². The lowest BCUT2D eigenvalue weighted by Crippen LogP contribution is -2.51. The summed E-state index contributed by atoms with van der Waals surface area (Å²) in [7, 11) is 0. The van der Waals surface area contributed by atoms with Gasteiger partial charge in [0.1, 0.15) is 0 Å². The molecule has 0 aromatic rings. The van der Waals surface area contributed by atoms with Crippen molar-refractivity contribution in [2.24, 2.45) is 0 Å². The van der Waals surface area contributed by atoms with Crippen molar-refractivity contribution in [3.05, 3.63) is 0 Å². The fraction of sp³-hybridized carbons (Fsp3) is 1.00. The molecule has 0 radical (unpaired) electrons. The van der Waals surface area contributed by atoms with Crippen molar-refractivity contribution in [2.45, 2.75) is 45.8 Å². The second-order valence-corrected chi connectivity index (χ2v) is 4.45. The van der Waals surface area contributed by atoms with Gasteiger partial charge in [-0.2, -0.15) is 0 Å². The predicted octanol–water partition coefficient (Wildman–Crippen LogP) is 1.49. The van der Waals surface area contributed by atoms with E-state index in [1.807, 2.05) is 0 Å². The van der Waals surface area contributed by atoms with E-state index in [9.17, 15) is 0 Å². The van der Waals surface area contributed by atoms with Crippen molar-refractivity contribution in [1.82, 2.24) is 10.2 Å². The highest BCUT2D eigenvalue weighted by Gasteiger charge is 2.24. The van der Waals surface area contributed by atoms with Crippen LogP contribution in [0.5, 0.6) is 0 Å². The number of hydrogen-bond acceptors (Lipinski definition) is 3. The van der Waals surface area contributed by atoms with Gasteiger partial charge in [-0.05, 0) is 32.9 Å². The molecule has 2 atom stereocenters. The van der Waals surface area contributed by atoms with Crippen LogP contribution in [0.25, 0.3) is 0 Å². The number of hydrogen-bond donors (Lipinski definition) is 1. The zero-order valence-electron chi connectivity index (χ0n) is 10.5. The maximum Gasteiger partial charge on any atom is 0.0852 e. The van der Waals surface area contributed by atoms with E-state index in [1.54, 1.807) is 0 Å². The molecule has 1 fully saturated rings. The molecule has 0 aromatic carbocycles. The molecule has 1 N–H and O–H groups in total. The molecule has 1 aliphatic rings. The zero-order valence-corrected chi connectivity index (χ0v) is 10.5. The fourth-order valence-corrected chi connectivity index (χ4v) is 2.06. The summed E-state index contributed by atoms with van der Waals surface area (Å²) < 4.78 is 5.81. The van der Waals surface area contributed by atoms with E-state index in [0.29, 0.717) is 12.1 Å². The van der Waals surface area contributed by atoms with E-state index in [2.05, 4.69) is 31.0 Å². The SMILES string of the molecule is CCCNC(C)C1CN(CCC)CCO1. The number of ether oxygens (including phenoxy) is 1. The topological polar surface area (TPSA) is 24.5 Å². The van der Waals surface area contributed by atoms with E-state index >= 15 is 0 Å². The summed E-state index contributed by atoms with van der Waals surface area (Å²) in [5, 5.41) is 3.51. The Kier molecular flexibility index (Phi) is 6.22. The Balaban J connectivity index is 2.27. The van der Waals surface area contributed by atoms with Crippen molar-refractivity contribution in [3.8, 4) is 0 Å². The number of nitrogens with zero attached hydrogens (tertiary/aromatic N) is 1. The molecule has 15 heavy (non-hydrogen) atoms. The third-order valence-electron chi connectivity index (χ3n) is 2.99. The normalized spacial score (nSPS) is 25.4. The smallest absolute Gasteiger partial charge is 0.0852 e. The first kappa shape index (κ1) is 12.9. The molecule has 0 saturated carbocycles. The maximum absolute atomic E-state index is 5.81. The van der Waals surface area contributed by atoms with Gasteiger partial charge in [0.2, 0.25) is 0 Å². The molecule has 1 rings (SSSR count). The molecule has 90 valence electrons. The first-order valence-electron chi connectivity index (χ1n) is 6.35. The standard InChI is InChI=1S/C12H26N2O/c1-4-6-13-11(3)12-10-14(7-5-2)8-9-15-12/h11-13H,4-10H2,1-3H3. The fourth-order valence-electron chi connectivity index (χ4n) is 2.06. The molecule has 3 heteroatoms. The van der Waals surface area contributed by atoms with Crippen LogP contribution in [0.15, 0.2) is 0 Å². The molecule has 0 amide bonds. The summed E-state index contributed by atoms with van der Waals surface area (Å²) in [6, 6.07) is 0.476. The van der Waals surface area contributed by atoms with Crippen LogP contribution >= 0.6 is 0 Å². The summed E-state index contributed by atoms with van der Waals surface area (Å²) in [4.78, 5) is 2.51. The summed E-state index contributed by atoms with van der Waals surface area (Å²) in [5.41, 5.74) is 0. The van der Waals surface area contributed by atoms with Crippen molar-refractivity contribution >= 4 is 0 Å². The van der Waals surface area contributed by atoms with E-state index in [4.69, 9.17) is 4.74 Å². The average molecular weight is 214 g/mol. The van der Waals surface area contributed by atoms with Crippen molar-refractivity contribution in [3.63, 3.8) is 0 Å². The van der Waals surface area contributed by atoms with Gasteiger partial charge < -0.3 is 10.1 Å². The van der Waals surface area contributed by atoms with Crippen LogP contribution in [0.4, 0.5) is 0 Å². The summed E-state index contributed by atoms with van der Waals surface area (Å²) in [5.74, 6) is 0.